The predicted octanol–water partition coefficient (Wildman–Crippen LogP) is 3.74. The summed E-state index contributed by atoms with van der Waals surface area (Å²) in [6.45, 7) is 5.84. The zero-order valence-electron chi connectivity index (χ0n) is 13.0. The summed E-state index contributed by atoms with van der Waals surface area (Å²) >= 11 is 0. The number of piperidine rings is 1. The minimum atomic E-state index is -0.144. The highest BCUT2D eigenvalue weighted by molar-refractivity contribution is 5.22. The Balaban J connectivity index is 1.56. The van der Waals surface area contributed by atoms with Crippen LogP contribution < -0.4 is 5.32 Å². The van der Waals surface area contributed by atoms with Gasteiger partial charge >= 0.3 is 0 Å². The van der Waals surface area contributed by atoms with Gasteiger partial charge in [0.25, 0.3) is 0 Å². The third-order valence-corrected chi connectivity index (χ3v) is 4.97. The fourth-order valence-electron chi connectivity index (χ4n) is 3.44. The maximum Gasteiger partial charge on any atom is 0.123 e. The van der Waals surface area contributed by atoms with Crippen molar-refractivity contribution in [2.45, 2.75) is 51.1 Å². The van der Waals surface area contributed by atoms with E-state index in [-0.39, 0.29) is 5.82 Å². The average molecular weight is 290 g/mol. The van der Waals surface area contributed by atoms with Crippen LogP contribution in [0.3, 0.4) is 0 Å². The molecule has 0 aromatic heterocycles. The van der Waals surface area contributed by atoms with Crippen LogP contribution in [0.25, 0.3) is 0 Å². The second-order valence-electron chi connectivity index (χ2n) is 6.72. The summed E-state index contributed by atoms with van der Waals surface area (Å²) in [5.74, 6) is 0.596. The van der Waals surface area contributed by atoms with Gasteiger partial charge in [-0.05, 0) is 69.3 Å². The maximum absolute atomic E-state index is 13.1. The van der Waals surface area contributed by atoms with Crippen molar-refractivity contribution in [1.29, 1.82) is 0 Å². The lowest BCUT2D eigenvalue weighted by molar-refractivity contribution is 0.167. The maximum atomic E-state index is 13.1. The normalized spacial score (nSPS) is 23.0. The number of likely N-dealkylation sites (tertiary alicyclic amines) is 1. The lowest BCUT2D eigenvalue weighted by Crippen LogP contribution is -2.44. The monoisotopic (exact) mass is 290 g/mol. The molecular weight excluding hydrogens is 263 g/mol. The molecule has 2 atom stereocenters. The zero-order valence-corrected chi connectivity index (χ0v) is 13.0. The van der Waals surface area contributed by atoms with Crippen molar-refractivity contribution in [2.75, 3.05) is 19.6 Å². The van der Waals surface area contributed by atoms with Crippen LogP contribution in [0.4, 0.5) is 4.39 Å². The van der Waals surface area contributed by atoms with Gasteiger partial charge in [0, 0.05) is 18.6 Å². The minimum Gasteiger partial charge on any atom is -0.308 e. The Morgan fingerprint density at radius 3 is 2.43 bits per heavy atom. The van der Waals surface area contributed by atoms with Crippen molar-refractivity contribution in [3.05, 3.63) is 35.6 Å². The van der Waals surface area contributed by atoms with Gasteiger partial charge in [-0.15, -0.1) is 0 Å². The number of hydrogen-bond acceptors (Lipinski definition) is 2. The van der Waals surface area contributed by atoms with Gasteiger partial charge in [-0.2, -0.15) is 0 Å². The fraction of sp³-hybridized carbons (Fsp3) is 0.667. The molecule has 21 heavy (non-hydrogen) atoms. The molecule has 2 unspecified atom stereocenters. The number of nitrogens with zero attached hydrogens (tertiary/aromatic N) is 1. The highest BCUT2D eigenvalue weighted by Gasteiger charge is 2.32. The number of rotatable bonds is 6. The Morgan fingerprint density at radius 1 is 1.14 bits per heavy atom. The fourth-order valence-corrected chi connectivity index (χ4v) is 3.44. The van der Waals surface area contributed by atoms with E-state index < -0.39 is 0 Å². The van der Waals surface area contributed by atoms with Crippen LogP contribution in [-0.4, -0.2) is 30.6 Å². The van der Waals surface area contributed by atoms with Gasteiger partial charge in [-0.1, -0.05) is 18.6 Å². The minimum absolute atomic E-state index is 0.144. The second kappa shape index (κ2) is 6.89. The standard InChI is InChI=1S/C18H27FN2/c1-14(21-11-3-2-4-12-21)13-20-18(15-5-6-15)16-7-9-17(19)10-8-16/h7-10,14-15,18,20H,2-6,11-13H2,1H3. The third-order valence-electron chi connectivity index (χ3n) is 4.97. The van der Waals surface area contributed by atoms with Crippen molar-refractivity contribution in [2.24, 2.45) is 5.92 Å². The van der Waals surface area contributed by atoms with Crippen molar-refractivity contribution in [3.8, 4) is 0 Å². The zero-order chi connectivity index (χ0) is 14.7. The molecule has 0 spiro atoms. The van der Waals surface area contributed by atoms with Gasteiger partial charge in [-0.25, -0.2) is 4.39 Å². The number of nitrogens with one attached hydrogen (secondary N) is 1. The molecule has 1 saturated heterocycles. The molecule has 1 aliphatic carbocycles. The van der Waals surface area contributed by atoms with Crippen molar-refractivity contribution >= 4 is 0 Å². The van der Waals surface area contributed by atoms with E-state index >= 15 is 0 Å². The van der Waals surface area contributed by atoms with E-state index in [1.165, 1.54) is 50.8 Å². The Labute approximate surface area is 127 Å². The molecule has 2 fully saturated rings. The quantitative estimate of drug-likeness (QED) is 0.858. The van der Waals surface area contributed by atoms with E-state index in [0.717, 1.165) is 12.5 Å². The van der Waals surface area contributed by atoms with Crippen LogP contribution in [0, 0.1) is 11.7 Å². The SMILES string of the molecule is CC(CNC(c1ccc(F)cc1)C1CC1)N1CCCCC1. The Kier molecular flexibility index (Phi) is 4.91. The Morgan fingerprint density at radius 2 is 1.81 bits per heavy atom. The van der Waals surface area contributed by atoms with Crippen LogP contribution in [0.1, 0.15) is 50.6 Å². The summed E-state index contributed by atoms with van der Waals surface area (Å²) in [7, 11) is 0. The first-order valence-electron chi connectivity index (χ1n) is 8.47. The van der Waals surface area contributed by atoms with Gasteiger partial charge in [0.05, 0.1) is 0 Å². The van der Waals surface area contributed by atoms with E-state index in [9.17, 15) is 4.39 Å². The van der Waals surface area contributed by atoms with Crippen LogP contribution >= 0.6 is 0 Å². The van der Waals surface area contributed by atoms with Crippen LogP contribution in [0.2, 0.25) is 0 Å². The molecule has 1 aromatic rings. The Hall–Kier alpha value is -0.930. The van der Waals surface area contributed by atoms with Crippen LogP contribution in [0.15, 0.2) is 24.3 Å². The number of benzene rings is 1. The first kappa shape index (κ1) is 15.0. The molecule has 2 nitrogen and oxygen atoms in total. The molecule has 1 heterocycles. The molecule has 1 N–H and O–H groups in total. The van der Waals surface area contributed by atoms with Gasteiger partial charge in [0.2, 0.25) is 0 Å². The Bertz CT molecular complexity index is 435. The summed E-state index contributed by atoms with van der Waals surface area (Å²) in [6, 6.07) is 8.04. The van der Waals surface area contributed by atoms with Crippen molar-refractivity contribution < 1.29 is 4.39 Å². The van der Waals surface area contributed by atoms with E-state index in [2.05, 4.69) is 17.1 Å². The van der Waals surface area contributed by atoms with Gasteiger partial charge in [0.15, 0.2) is 0 Å². The molecule has 0 bridgehead atoms. The molecule has 116 valence electrons. The number of halogens is 1. The second-order valence-corrected chi connectivity index (χ2v) is 6.72. The molecule has 2 aliphatic rings. The van der Waals surface area contributed by atoms with Crippen molar-refractivity contribution in [3.63, 3.8) is 0 Å². The summed E-state index contributed by atoms with van der Waals surface area (Å²) in [5.41, 5.74) is 1.24. The number of hydrogen-bond donors (Lipinski definition) is 1. The van der Waals surface area contributed by atoms with Gasteiger partial charge in [0.1, 0.15) is 5.82 Å². The lowest BCUT2D eigenvalue weighted by Gasteiger charge is -2.33. The first-order valence-corrected chi connectivity index (χ1v) is 8.47. The van der Waals surface area contributed by atoms with E-state index in [0.29, 0.717) is 12.1 Å². The summed E-state index contributed by atoms with van der Waals surface area (Å²) in [4.78, 5) is 2.60. The predicted molar refractivity (Wildman–Crippen MR) is 84.8 cm³/mol. The molecule has 1 saturated carbocycles. The molecule has 3 rings (SSSR count). The van der Waals surface area contributed by atoms with E-state index in [1.807, 2.05) is 12.1 Å². The van der Waals surface area contributed by atoms with Gasteiger partial charge in [-0.3, -0.25) is 4.90 Å². The van der Waals surface area contributed by atoms with Crippen LogP contribution in [-0.2, 0) is 0 Å². The highest BCUT2D eigenvalue weighted by atomic mass is 19.1. The van der Waals surface area contributed by atoms with Crippen LogP contribution in [0.5, 0.6) is 0 Å². The largest absolute Gasteiger partial charge is 0.308 e. The summed E-state index contributed by atoms with van der Waals surface area (Å²) in [5, 5.41) is 3.75. The molecule has 3 heteroatoms. The highest BCUT2D eigenvalue weighted by Crippen LogP contribution is 2.41. The average Bonchev–Trinajstić information content (AvgIpc) is 3.35. The molecule has 0 amide bonds. The summed E-state index contributed by atoms with van der Waals surface area (Å²) in [6.07, 6.45) is 6.67. The summed E-state index contributed by atoms with van der Waals surface area (Å²) < 4.78 is 13.1. The van der Waals surface area contributed by atoms with Crippen molar-refractivity contribution in [1.82, 2.24) is 10.2 Å². The molecule has 0 radical (unpaired) electrons. The topological polar surface area (TPSA) is 15.3 Å². The molecule has 1 aliphatic heterocycles. The van der Waals surface area contributed by atoms with E-state index in [1.54, 1.807) is 12.1 Å². The van der Waals surface area contributed by atoms with Gasteiger partial charge < -0.3 is 5.32 Å². The smallest absolute Gasteiger partial charge is 0.123 e. The first-order chi connectivity index (χ1) is 10.2. The van der Waals surface area contributed by atoms with E-state index in [4.69, 9.17) is 0 Å². The third kappa shape index (κ3) is 4.04. The lowest BCUT2D eigenvalue weighted by atomic mass is 10.0. The molecule has 1 aromatic carbocycles. The molecular formula is C18H27FN2.